The Labute approximate surface area is 105 Å². The summed E-state index contributed by atoms with van der Waals surface area (Å²) in [5.74, 6) is 0.0452. The molecule has 2 N–H and O–H groups in total. The van der Waals surface area contributed by atoms with Gasteiger partial charge >= 0.3 is 0 Å². The standard InChI is InChI=1S/C12H17BrN2O/c1-8-4-5-10(13)11(6-8)15-9(2)7-12(16)14-3/h4-6,9,15H,7H2,1-3H3,(H,14,16). The summed E-state index contributed by atoms with van der Waals surface area (Å²) < 4.78 is 1.02. The predicted molar refractivity (Wildman–Crippen MR) is 70.6 cm³/mol. The second-order valence-electron chi connectivity index (χ2n) is 3.91. The Bertz CT molecular complexity index is 379. The summed E-state index contributed by atoms with van der Waals surface area (Å²) in [5.41, 5.74) is 2.22. The fourth-order valence-electron chi connectivity index (χ4n) is 1.45. The first-order valence-electron chi connectivity index (χ1n) is 5.26. The molecule has 0 saturated carbocycles. The first-order chi connectivity index (χ1) is 7.52. The Morgan fingerprint density at radius 2 is 2.19 bits per heavy atom. The molecule has 1 amide bonds. The lowest BCUT2D eigenvalue weighted by Gasteiger charge is -2.16. The molecule has 0 aliphatic rings. The summed E-state index contributed by atoms with van der Waals surface area (Å²) in [6.45, 7) is 4.03. The average Bonchev–Trinajstić information content (AvgIpc) is 2.23. The normalized spacial score (nSPS) is 12.0. The van der Waals surface area contributed by atoms with Crippen LogP contribution in [-0.2, 0) is 4.79 Å². The number of amides is 1. The van der Waals surface area contributed by atoms with Crippen molar-refractivity contribution in [2.24, 2.45) is 0 Å². The lowest BCUT2D eigenvalue weighted by Crippen LogP contribution is -2.26. The van der Waals surface area contributed by atoms with E-state index < -0.39 is 0 Å². The molecular weight excluding hydrogens is 268 g/mol. The van der Waals surface area contributed by atoms with Gasteiger partial charge in [0.2, 0.25) is 5.91 Å². The average molecular weight is 285 g/mol. The van der Waals surface area contributed by atoms with Crippen molar-refractivity contribution in [1.82, 2.24) is 5.32 Å². The number of anilines is 1. The zero-order chi connectivity index (χ0) is 12.1. The molecular formula is C12H17BrN2O. The Balaban J connectivity index is 2.65. The van der Waals surface area contributed by atoms with Gasteiger partial charge in [-0.15, -0.1) is 0 Å². The molecule has 0 aliphatic heterocycles. The molecule has 1 rings (SSSR count). The minimum Gasteiger partial charge on any atom is -0.381 e. The summed E-state index contributed by atoms with van der Waals surface area (Å²) in [7, 11) is 1.65. The number of rotatable bonds is 4. The minimum absolute atomic E-state index is 0.0452. The maximum Gasteiger partial charge on any atom is 0.221 e. The molecule has 0 aliphatic carbocycles. The third-order valence-corrected chi connectivity index (χ3v) is 2.99. The molecule has 1 aromatic rings. The quantitative estimate of drug-likeness (QED) is 0.893. The molecule has 4 heteroatoms. The van der Waals surface area contributed by atoms with E-state index >= 15 is 0 Å². The van der Waals surface area contributed by atoms with Gasteiger partial charge in [-0.05, 0) is 47.5 Å². The van der Waals surface area contributed by atoms with Gasteiger partial charge in [-0.2, -0.15) is 0 Å². The Morgan fingerprint density at radius 1 is 1.50 bits per heavy atom. The van der Waals surface area contributed by atoms with Gasteiger partial charge in [-0.25, -0.2) is 0 Å². The van der Waals surface area contributed by atoms with Crippen molar-refractivity contribution in [3.05, 3.63) is 28.2 Å². The summed E-state index contributed by atoms with van der Waals surface area (Å²) in [5, 5.41) is 5.93. The highest BCUT2D eigenvalue weighted by atomic mass is 79.9. The molecule has 0 heterocycles. The highest BCUT2D eigenvalue weighted by Crippen LogP contribution is 2.24. The van der Waals surface area contributed by atoms with Crippen molar-refractivity contribution >= 4 is 27.5 Å². The maximum atomic E-state index is 11.2. The second kappa shape index (κ2) is 5.89. The highest BCUT2D eigenvalue weighted by Gasteiger charge is 2.09. The largest absolute Gasteiger partial charge is 0.381 e. The third kappa shape index (κ3) is 3.85. The van der Waals surface area contributed by atoms with Crippen molar-refractivity contribution in [2.45, 2.75) is 26.3 Å². The third-order valence-electron chi connectivity index (χ3n) is 2.29. The second-order valence-corrected chi connectivity index (χ2v) is 4.76. The molecule has 0 bridgehead atoms. The monoisotopic (exact) mass is 284 g/mol. The zero-order valence-corrected chi connectivity index (χ0v) is 11.4. The van der Waals surface area contributed by atoms with E-state index in [9.17, 15) is 4.79 Å². The van der Waals surface area contributed by atoms with E-state index in [2.05, 4.69) is 32.6 Å². The molecule has 88 valence electrons. The zero-order valence-electron chi connectivity index (χ0n) is 9.80. The van der Waals surface area contributed by atoms with Crippen molar-refractivity contribution < 1.29 is 4.79 Å². The molecule has 0 spiro atoms. The van der Waals surface area contributed by atoms with Crippen molar-refractivity contribution in [2.75, 3.05) is 12.4 Å². The Hall–Kier alpha value is -1.03. The van der Waals surface area contributed by atoms with Crippen molar-refractivity contribution in [3.8, 4) is 0 Å². The number of carbonyl (C=O) groups is 1. The van der Waals surface area contributed by atoms with E-state index in [0.717, 1.165) is 10.2 Å². The van der Waals surface area contributed by atoms with Gasteiger partial charge in [0.1, 0.15) is 0 Å². The fourth-order valence-corrected chi connectivity index (χ4v) is 1.81. The SMILES string of the molecule is CNC(=O)CC(C)Nc1cc(C)ccc1Br. The van der Waals surface area contributed by atoms with Crippen LogP contribution in [0.15, 0.2) is 22.7 Å². The van der Waals surface area contributed by atoms with E-state index in [-0.39, 0.29) is 11.9 Å². The van der Waals surface area contributed by atoms with Crippen LogP contribution in [-0.4, -0.2) is 19.0 Å². The van der Waals surface area contributed by atoms with Crippen molar-refractivity contribution in [3.63, 3.8) is 0 Å². The number of halogens is 1. The van der Waals surface area contributed by atoms with E-state index in [4.69, 9.17) is 0 Å². The van der Waals surface area contributed by atoms with Crippen LogP contribution in [0.5, 0.6) is 0 Å². The van der Waals surface area contributed by atoms with Crippen LogP contribution in [0.2, 0.25) is 0 Å². The first-order valence-corrected chi connectivity index (χ1v) is 6.05. The van der Waals surface area contributed by atoms with Crippen molar-refractivity contribution in [1.29, 1.82) is 0 Å². The van der Waals surface area contributed by atoms with E-state index in [1.807, 2.05) is 26.0 Å². The van der Waals surface area contributed by atoms with Gasteiger partial charge in [-0.3, -0.25) is 4.79 Å². The summed E-state index contributed by atoms with van der Waals surface area (Å²) in [6.07, 6.45) is 0.469. The van der Waals surface area contributed by atoms with Crippen LogP contribution in [0.25, 0.3) is 0 Å². The number of aryl methyl sites for hydroxylation is 1. The van der Waals surface area contributed by atoms with Crippen LogP contribution in [0.4, 0.5) is 5.69 Å². The molecule has 0 radical (unpaired) electrons. The number of hydrogen-bond acceptors (Lipinski definition) is 2. The van der Waals surface area contributed by atoms with E-state index in [1.54, 1.807) is 7.05 Å². The van der Waals surface area contributed by atoms with Gasteiger partial charge in [0, 0.05) is 29.7 Å². The van der Waals surface area contributed by atoms with Crippen LogP contribution >= 0.6 is 15.9 Å². The first kappa shape index (κ1) is 13.0. The number of nitrogens with one attached hydrogen (secondary N) is 2. The van der Waals surface area contributed by atoms with Crippen LogP contribution in [0.1, 0.15) is 18.9 Å². The van der Waals surface area contributed by atoms with Gasteiger partial charge in [0.15, 0.2) is 0 Å². The van der Waals surface area contributed by atoms with Gasteiger partial charge in [0.05, 0.1) is 0 Å². The summed E-state index contributed by atoms with van der Waals surface area (Å²) >= 11 is 3.48. The lowest BCUT2D eigenvalue weighted by molar-refractivity contribution is -0.120. The summed E-state index contributed by atoms with van der Waals surface area (Å²) in [4.78, 5) is 11.2. The molecule has 1 unspecified atom stereocenters. The Morgan fingerprint density at radius 3 is 2.81 bits per heavy atom. The van der Waals surface area contributed by atoms with Gasteiger partial charge in [0.25, 0.3) is 0 Å². The summed E-state index contributed by atoms with van der Waals surface area (Å²) in [6, 6.07) is 6.21. The maximum absolute atomic E-state index is 11.2. The number of hydrogen-bond donors (Lipinski definition) is 2. The van der Waals surface area contributed by atoms with E-state index in [0.29, 0.717) is 6.42 Å². The predicted octanol–water partition coefficient (Wildman–Crippen LogP) is 2.69. The molecule has 16 heavy (non-hydrogen) atoms. The topological polar surface area (TPSA) is 41.1 Å². The van der Waals surface area contributed by atoms with Gasteiger partial charge < -0.3 is 10.6 Å². The molecule has 1 atom stereocenters. The lowest BCUT2D eigenvalue weighted by atomic mass is 10.2. The Kier molecular flexibility index (Phi) is 4.80. The van der Waals surface area contributed by atoms with Crippen LogP contribution in [0.3, 0.4) is 0 Å². The molecule has 0 saturated heterocycles. The molecule has 0 aromatic heterocycles. The number of carbonyl (C=O) groups excluding carboxylic acids is 1. The van der Waals surface area contributed by atoms with Gasteiger partial charge in [-0.1, -0.05) is 6.07 Å². The van der Waals surface area contributed by atoms with Crippen LogP contribution < -0.4 is 10.6 Å². The minimum atomic E-state index is 0.0452. The smallest absolute Gasteiger partial charge is 0.221 e. The molecule has 3 nitrogen and oxygen atoms in total. The fraction of sp³-hybridized carbons (Fsp3) is 0.417. The molecule has 0 fully saturated rings. The highest BCUT2D eigenvalue weighted by molar-refractivity contribution is 9.10. The molecule has 1 aromatic carbocycles. The van der Waals surface area contributed by atoms with Crippen LogP contribution in [0, 0.1) is 6.92 Å². The number of benzene rings is 1. The van der Waals surface area contributed by atoms with E-state index in [1.165, 1.54) is 5.56 Å².